The smallest absolute Gasteiger partial charge is 0.00721 e. The van der Waals surface area contributed by atoms with Crippen LogP contribution < -0.4 is 5.73 Å². The molecule has 0 aliphatic carbocycles. The van der Waals surface area contributed by atoms with Crippen molar-refractivity contribution < 1.29 is 0 Å². The van der Waals surface area contributed by atoms with Gasteiger partial charge in [-0.2, -0.15) is 0 Å². The van der Waals surface area contributed by atoms with Crippen LogP contribution in [0.3, 0.4) is 0 Å². The zero-order valence-corrected chi connectivity index (χ0v) is 11.7. The van der Waals surface area contributed by atoms with Crippen molar-refractivity contribution in [3.8, 4) is 0 Å². The van der Waals surface area contributed by atoms with E-state index in [4.69, 9.17) is 5.73 Å². The van der Waals surface area contributed by atoms with Gasteiger partial charge in [-0.1, -0.05) is 55.8 Å². The van der Waals surface area contributed by atoms with E-state index in [1.165, 1.54) is 21.9 Å². The van der Waals surface area contributed by atoms with Crippen LogP contribution in [0.25, 0.3) is 10.8 Å². The number of benzene rings is 2. The fourth-order valence-corrected chi connectivity index (χ4v) is 2.56. The lowest BCUT2D eigenvalue weighted by Gasteiger charge is -2.24. The van der Waals surface area contributed by atoms with Gasteiger partial charge in [0.15, 0.2) is 0 Å². The molecule has 0 aromatic heterocycles. The van der Waals surface area contributed by atoms with Gasteiger partial charge < -0.3 is 5.73 Å². The number of fused-ring (bicyclic) bond motifs is 1. The average Bonchev–Trinajstić information content (AvgIpc) is 2.28. The van der Waals surface area contributed by atoms with Crippen LogP contribution in [-0.2, 0) is 6.42 Å². The van der Waals surface area contributed by atoms with E-state index in [2.05, 4.69) is 57.2 Å². The summed E-state index contributed by atoms with van der Waals surface area (Å²) in [5.74, 6) is 0. The Bertz CT molecular complexity index is 540. The van der Waals surface area contributed by atoms with Crippen molar-refractivity contribution in [1.29, 1.82) is 0 Å². The minimum absolute atomic E-state index is 0.285. The maximum absolute atomic E-state index is 5.68. The Morgan fingerprint density at radius 3 is 2.39 bits per heavy atom. The lowest BCUT2D eigenvalue weighted by Crippen LogP contribution is -2.19. The van der Waals surface area contributed by atoms with Gasteiger partial charge in [0.25, 0.3) is 0 Å². The first kappa shape index (κ1) is 13.1. The van der Waals surface area contributed by atoms with Crippen molar-refractivity contribution in [3.63, 3.8) is 0 Å². The van der Waals surface area contributed by atoms with Gasteiger partial charge in [-0.15, -0.1) is 0 Å². The van der Waals surface area contributed by atoms with Gasteiger partial charge in [-0.25, -0.2) is 0 Å². The summed E-state index contributed by atoms with van der Waals surface area (Å²) in [6.07, 6.45) is 2.16. The molecule has 0 fully saturated rings. The third-order valence-corrected chi connectivity index (χ3v) is 3.56. The Kier molecular flexibility index (Phi) is 3.72. The molecule has 1 heteroatoms. The van der Waals surface area contributed by atoms with Crippen LogP contribution in [0.5, 0.6) is 0 Å². The quantitative estimate of drug-likeness (QED) is 0.858. The topological polar surface area (TPSA) is 26.0 Å². The Balaban J connectivity index is 2.28. The van der Waals surface area contributed by atoms with E-state index in [-0.39, 0.29) is 5.41 Å². The molecule has 0 bridgehead atoms. The third-order valence-electron chi connectivity index (χ3n) is 3.56. The molecule has 1 nitrogen and oxygen atoms in total. The van der Waals surface area contributed by atoms with Gasteiger partial charge in [0.05, 0.1) is 0 Å². The van der Waals surface area contributed by atoms with Crippen molar-refractivity contribution in [2.75, 3.05) is 6.54 Å². The van der Waals surface area contributed by atoms with E-state index in [9.17, 15) is 0 Å². The monoisotopic (exact) mass is 241 g/mol. The molecule has 0 spiro atoms. The van der Waals surface area contributed by atoms with Crippen LogP contribution in [-0.4, -0.2) is 6.54 Å². The maximum Gasteiger partial charge on any atom is -0.00721 e. The molecule has 0 saturated heterocycles. The molecule has 0 unspecified atom stereocenters. The van der Waals surface area contributed by atoms with Crippen LogP contribution in [0.15, 0.2) is 36.4 Å². The minimum atomic E-state index is 0.285. The SMILES string of the molecule is Cc1ccc2cc(CC(C)(C)CCN)ccc2c1. The normalized spacial score (nSPS) is 12.0. The highest BCUT2D eigenvalue weighted by Crippen LogP contribution is 2.27. The molecular formula is C17H23N. The molecule has 18 heavy (non-hydrogen) atoms. The lowest BCUT2D eigenvalue weighted by atomic mass is 9.82. The van der Waals surface area contributed by atoms with Gasteiger partial charge in [0.2, 0.25) is 0 Å². The molecule has 96 valence electrons. The predicted octanol–water partition coefficient (Wildman–Crippen LogP) is 4.07. The van der Waals surface area contributed by atoms with Crippen molar-refractivity contribution in [2.45, 2.75) is 33.6 Å². The zero-order chi connectivity index (χ0) is 13.2. The summed E-state index contributed by atoms with van der Waals surface area (Å²) < 4.78 is 0. The minimum Gasteiger partial charge on any atom is -0.330 e. The summed E-state index contributed by atoms with van der Waals surface area (Å²) in [5, 5.41) is 2.66. The molecule has 0 heterocycles. The number of aryl methyl sites for hydroxylation is 1. The van der Waals surface area contributed by atoms with Gasteiger partial charge in [-0.05, 0) is 48.1 Å². The highest BCUT2D eigenvalue weighted by Gasteiger charge is 2.17. The number of hydrogen-bond acceptors (Lipinski definition) is 1. The van der Waals surface area contributed by atoms with Gasteiger partial charge >= 0.3 is 0 Å². The number of hydrogen-bond donors (Lipinski definition) is 1. The van der Waals surface area contributed by atoms with Crippen LogP contribution in [0.1, 0.15) is 31.4 Å². The Morgan fingerprint density at radius 1 is 1.00 bits per heavy atom. The molecular weight excluding hydrogens is 218 g/mol. The summed E-state index contributed by atoms with van der Waals surface area (Å²) in [4.78, 5) is 0. The van der Waals surface area contributed by atoms with E-state index >= 15 is 0 Å². The van der Waals surface area contributed by atoms with Crippen molar-refractivity contribution >= 4 is 10.8 Å². The first-order valence-electron chi connectivity index (χ1n) is 6.69. The molecule has 0 saturated carbocycles. The largest absolute Gasteiger partial charge is 0.330 e. The van der Waals surface area contributed by atoms with E-state index in [1.807, 2.05) is 0 Å². The van der Waals surface area contributed by atoms with Crippen molar-refractivity contribution in [2.24, 2.45) is 11.1 Å². The Morgan fingerprint density at radius 2 is 1.67 bits per heavy atom. The van der Waals surface area contributed by atoms with E-state index < -0.39 is 0 Å². The summed E-state index contributed by atoms with van der Waals surface area (Å²) >= 11 is 0. The van der Waals surface area contributed by atoms with E-state index in [1.54, 1.807) is 0 Å². The molecule has 0 amide bonds. The molecule has 2 aromatic rings. The summed E-state index contributed by atoms with van der Waals surface area (Å²) in [5.41, 5.74) is 8.69. The summed E-state index contributed by atoms with van der Waals surface area (Å²) in [6, 6.07) is 13.4. The average molecular weight is 241 g/mol. The van der Waals surface area contributed by atoms with Crippen LogP contribution in [0, 0.1) is 12.3 Å². The van der Waals surface area contributed by atoms with Crippen LogP contribution in [0.4, 0.5) is 0 Å². The maximum atomic E-state index is 5.68. The fourth-order valence-electron chi connectivity index (χ4n) is 2.56. The Hall–Kier alpha value is -1.34. The molecule has 2 N–H and O–H groups in total. The summed E-state index contributed by atoms with van der Waals surface area (Å²) in [7, 11) is 0. The number of nitrogens with two attached hydrogens (primary N) is 1. The molecule has 0 aliphatic rings. The van der Waals surface area contributed by atoms with E-state index in [0.717, 1.165) is 19.4 Å². The number of rotatable bonds is 4. The second-order valence-corrected chi connectivity index (χ2v) is 6.06. The Labute approximate surface area is 110 Å². The van der Waals surface area contributed by atoms with Gasteiger partial charge in [-0.3, -0.25) is 0 Å². The van der Waals surface area contributed by atoms with Gasteiger partial charge in [0, 0.05) is 0 Å². The van der Waals surface area contributed by atoms with Crippen LogP contribution >= 0.6 is 0 Å². The van der Waals surface area contributed by atoms with Gasteiger partial charge in [0.1, 0.15) is 0 Å². The highest BCUT2D eigenvalue weighted by molar-refractivity contribution is 5.83. The van der Waals surface area contributed by atoms with Crippen molar-refractivity contribution in [3.05, 3.63) is 47.5 Å². The summed E-state index contributed by atoms with van der Waals surface area (Å²) in [6.45, 7) is 7.48. The van der Waals surface area contributed by atoms with E-state index in [0.29, 0.717) is 0 Å². The second-order valence-electron chi connectivity index (χ2n) is 6.06. The molecule has 0 atom stereocenters. The lowest BCUT2D eigenvalue weighted by molar-refractivity contribution is 0.339. The predicted molar refractivity (Wildman–Crippen MR) is 79.8 cm³/mol. The molecule has 0 radical (unpaired) electrons. The second kappa shape index (κ2) is 5.11. The molecule has 0 aliphatic heterocycles. The fraction of sp³-hybridized carbons (Fsp3) is 0.412. The third kappa shape index (κ3) is 3.11. The first-order chi connectivity index (χ1) is 8.50. The van der Waals surface area contributed by atoms with Crippen molar-refractivity contribution in [1.82, 2.24) is 0 Å². The van der Waals surface area contributed by atoms with Crippen LogP contribution in [0.2, 0.25) is 0 Å². The molecule has 2 rings (SSSR count). The zero-order valence-electron chi connectivity index (χ0n) is 11.7. The first-order valence-corrected chi connectivity index (χ1v) is 6.69. The molecule has 2 aromatic carbocycles. The highest BCUT2D eigenvalue weighted by atomic mass is 14.5. The standard InChI is InChI=1S/C17H23N/c1-13-4-6-16-11-14(5-7-15(16)10-13)12-17(2,3)8-9-18/h4-7,10-11H,8-9,12,18H2,1-3H3.